The summed E-state index contributed by atoms with van der Waals surface area (Å²) in [6.07, 6.45) is 0. The van der Waals surface area contributed by atoms with Gasteiger partial charge in [0, 0.05) is 29.7 Å². The Balaban J connectivity index is 1.71. The number of benzene rings is 2. The van der Waals surface area contributed by atoms with E-state index in [1.807, 2.05) is 18.2 Å². The molecule has 28 heavy (non-hydrogen) atoms. The van der Waals surface area contributed by atoms with E-state index in [9.17, 15) is 4.79 Å². The van der Waals surface area contributed by atoms with Gasteiger partial charge in [0.2, 0.25) is 0 Å². The highest BCUT2D eigenvalue weighted by molar-refractivity contribution is 5.91. The van der Waals surface area contributed by atoms with Crippen molar-refractivity contribution in [2.24, 2.45) is 0 Å². The molecule has 0 fully saturated rings. The van der Waals surface area contributed by atoms with Crippen molar-refractivity contribution in [1.82, 2.24) is 9.88 Å². The number of carbonyl (C=O) groups is 1. The van der Waals surface area contributed by atoms with E-state index in [4.69, 9.17) is 9.47 Å². The van der Waals surface area contributed by atoms with Crippen LogP contribution < -0.4 is 20.1 Å². The van der Waals surface area contributed by atoms with Crippen LogP contribution in [-0.2, 0) is 6.54 Å². The topological polar surface area (TPSA) is 64.5 Å². The maximum atomic E-state index is 12.4. The number of rotatable bonds is 6. The van der Waals surface area contributed by atoms with Crippen molar-refractivity contribution >= 4 is 11.7 Å². The standard InChI is InChI=1S/C22H25N3O3/c1-15-12-17(16(2)25(15)18-8-6-5-7-9-18)14-23-22(26)24-20-13-19(27-3)10-11-21(20)28-4/h5-13H,14H2,1-4H3,(H2,23,24,26). The molecule has 146 valence electrons. The third-order valence-electron chi connectivity index (χ3n) is 4.64. The van der Waals surface area contributed by atoms with Gasteiger partial charge in [0.1, 0.15) is 11.5 Å². The number of hydrogen-bond acceptors (Lipinski definition) is 3. The first kappa shape index (κ1) is 19.4. The van der Waals surface area contributed by atoms with Crippen LogP contribution in [0, 0.1) is 13.8 Å². The fraction of sp³-hybridized carbons (Fsp3) is 0.227. The lowest BCUT2D eigenvalue weighted by atomic mass is 10.2. The summed E-state index contributed by atoms with van der Waals surface area (Å²) in [5, 5.41) is 5.73. The predicted octanol–water partition coefficient (Wildman–Crippen LogP) is 4.43. The molecule has 2 amide bonds. The Morgan fingerprint density at radius 1 is 1.00 bits per heavy atom. The van der Waals surface area contributed by atoms with Crippen LogP contribution in [0.15, 0.2) is 54.6 Å². The summed E-state index contributed by atoms with van der Waals surface area (Å²) in [6, 6.07) is 17.2. The fourth-order valence-electron chi connectivity index (χ4n) is 3.24. The van der Waals surface area contributed by atoms with Crippen LogP contribution in [0.1, 0.15) is 17.0 Å². The number of nitrogens with zero attached hydrogens (tertiary/aromatic N) is 1. The first-order valence-electron chi connectivity index (χ1n) is 9.03. The van der Waals surface area contributed by atoms with Crippen molar-refractivity contribution in [2.45, 2.75) is 20.4 Å². The quantitative estimate of drug-likeness (QED) is 0.666. The van der Waals surface area contributed by atoms with Gasteiger partial charge in [-0.25, -0.2) is 4.79 Å². The van der Waals surface area contributed by atoms with Crippen molar-refractivity contribution in [3.63, 3.8) is 0 Å². The average molecular weight is 379 g/mol. The molecule has 0 spiro atoms. The van der Waals surface area contributed by atoms with Crippen molar-refractivity contribution in [1.29, 1.82) is 0 Å². The second kappa shape index (κ2) is 8.52. The lowest BCUT2D eigenvalue weighted by Crippen LogP contribution is -2.28. The van der Waals surface area contributed by atoms with E-state index in [0.717, 1.165) is 22.6 Å². The van der Waals surface area contributed by atoms with Gasteiger partial charge < -0.3 is 24.7 Å². The number of carbonyl (C=O) groups excluding carboxylic acids is 1. The Morgan fingerprint density at radius 2 is 1.75 bits per heavy atom. The minimum Gasteiger partial charge on any atom is -0.497 e. The molecule has 0 unspecified atom stereocenters. The van der Waals surface area contributed by atoms with Crippen LogP contribution in [0.4, 0.5) is 10.5 Å². The average Bonchev–Trinajstić information content (AvgIpc) is 3.00. The summed E-state index contributed by atoms with van der Waals surface area (Å²) in [5.74, 6) is 1.21. The summed E-state index contributed by atoms with van der Waals surface area (Å²) in [7, 11) is 3.14. The first-order chi connectivity index (χ1) is 13.5. The number of aromatic nitrogens is 1. The molecule has 1 heterocycles. The highest BCUT2D eigenvalue weighted by Gasteiger charge is 2.13. The van der Waals surface area contributed by atoms with Gasteiger partial charge in [-0.15, -0.1) is 0 Å². The van der Waals surface area contributed by atoms with Crippen LogP contribution in [0.3, 0.4) is 0 Å². The second-order valence-electron chi connectivity index (χ2n) is 6.44. The molecule has 2 aromatic carbocycles. The number of nitrogens with one attached hydrogen (secondary N) is 2. The minimum atomic E-state index is -0.309. The molecule has 0 saturated heterocycles. The Bertz CT molecular complexity index is 965. The fourth-order valence-corrected chi connectivity index (χ4v) is 3.24. The molecule has 0 aliphatic carbocycles. The summed E-state index contributed by atoms with van der Waals surface area (Å²) >= 11 is 0. The molecule has 0 bridgehead atoms. The Hall–Kier alpha value is -3.41. The minimum absolute atomic E-state index is 0.309. The van der Waals surface area contributed by atoms with Crippen LogP contribution in [0.25, 0.3) is 5.69 Å². The second-order valence-corrected chi connectivity index (χ2v) is 6.44. The molecule has 2 N–H and O–H groups in total. The third-order valence-corrected chi connectivity index (χ3v) is 4.64. The molecule has 6 heteroatoms. The van der Waals surface area contributed by atoms with Gasteiger partial charge in [0.25, 0.3) is 0 Å². The van der Waals surface area contributed by atoms with Crippen LogP contribution in [0.5, 0.6) is 11.5 Å². The Morgan fingerprint density at radius 3 is 2.43 bits per heavy atom. The van der Waals surface area contributed by atoms with E-state index in [2.05, 4.69) is 47.2 Å². The maximum absolute atomic E-state index is 12.4. The van der Waals surface area contributed by atoms with Crippen LogP contribution >= 0.6 is 0 Å². The largest absolute Gasteiger partial charge is 0.497 e. The number of hydrogen-bond donors (Lipinski definition) is 2. The number of anilines is 1. The highest BCUT2D eigenvalue weighted by atomic mass is 16.5. The highest BCUT2D eigenvalue weighted by Crippen LogP contribution is 2.28. The maximum Gasteiger partial charge on any atom is 0.319 e. The Labute approximate surface area is 165 Å². The van der Waals surface area contributed by atoms with Crippen molar-refractivity contribution < 1.29 is 14.3 Å². The van der Waals surface area contributed by atoms with E-state index in [-0.39, 0.29) is 6.03 Å². The zero-order valence-corrected chi connectivity index (χ0v) is 16.6. The predicted molar refractivity (Wildman–Crippen MR) is 111 cm³/mol. The van der Waals surface area contributed by atoms with E-state index >= 15 is 0 Å². The molecule has 1 aromatic heterocycles. The summed E-state index contributed by atoms with van der Waals surface area (Å²) in [4.78, 5) is 12.4. The number of aryl methyl sites for hydroxylation is 1. The smallest absolute Gasteiger partial charge is 0.319 e. The molecule has 0 aliphatic rings. The SMILES string of the molecule is COc1ccc(OC)c(NC(=O)NCc2cc(C)n(-c3ccccc3)c2C)c1. The van der Waals surface area contributed by atoms with E-state index in [1.165, 1.54) is 0 Å². The van der Waals surface area contributed by atoms with Crippen molar-refractivity contribution in [3.05, 3.63) is 71.5 Å². The normalized spacial score (nSPS) is 10.4. The molecule has 0 saturated carbocycles. The summed E-state index contributed by atoms with van der Waals surface area (Å²) < 4.78 is 12.7. The summed E-state index contributed by atoms with van der Waals surface area (Å²) in [6.45, 7) is 4.54. The first-order valence-corrected chi connectivity index (χ1v) is 9.03. The molecule has 3 aromatic rings. The molecule has 3 rings (SSSR count). The number of methoxy groups -OCH3 is 2. The van der Waals surface area contributed by atoms with Gasteiger partial charge >= 0.3 is 6.03 Å². The molecular weight excluding hydrogens is 354 g/mol. The number of amides is 2. The van der Waals surface area contributed by atoms with Gasteiger partial charge in [-0.1, -0.05) is 18.2 Å². The summed E-state index contributed by atoms with van der Waals surface area (Å²) in [5.41, 5.74) is 4.94. The zero-order chi connectivity index (χ0) is 20.1. The van der Waals surface area contributed by atoms with Gasteiger partial charge in [0.15, 0.2) is 0 Å². The molecule has 0 radical (unpaired) electrons. The number of ether oxygens (including phenoxy) is 2. The van der Waals surface area contributed by atoms with Crippen LogP contribution in [-0.4, -0.2) is 24.8 Å². The van der Waals surface area contributed by atoms with E-state index < -0.39 is 0 Å². The molecule has 0 atom stereocenters. The third kappa shape index (κ3) is 4.11. The lowest BCUT2D eigenvalue weighted by Gasteiger charge is -2.13. The zero-order valence-electron chi connectivity index (χ0n) is 16.6. The van der Waals surface area contributed by atoms with Crippen molar-refractivity contribution in [3.8, 4) is 17.2 Å². The number of urea groups is 1. The van der Waals surface area contributed by atoms with Gasteiger partial charge in [-0.2, -0.15) is 0 Å². The molecule has 0 aliphatic heterocycles. The Kier molecular flexibility index (Phi) is 5.89. The van der Waals surface area contributed by atoms with Crippen molar-refractivity contribution in [2.75, 3.05) is 19.5 Å². The van der Waals surface area contributed by atoms with Gasteiger partial charge in [-0.05, 0) is 49.7 Å². The monoisotopic (exact) mass is 379 g/mol. The van der Waals surface area contributed by atoms with Crippen LogP contribution in [0.2, 0.25) is 0 Å². The van der Waals surface area contributed by atoms with E-state index in [1.54, 1.807) is 32.4 Å². The molecular formula is C22H25N3O3. The molecule has 6 nitrogen and oxygen atoms in total. The lowest BCUT2D eigenvalue weighted by molar-refractivity contribution is 0.251. The van der Waals surface area contributed by atoms with Gasteiger partial charge in [-0.3, -0.25) is 0 Å². The van der Waals surface area contributed by atoms with E-state index in [0.29, 0.717) is 23.7 Å². The van der Waals surface area contributed by atoms with Gasteiger partial charge in [0.05, 0.1) is 19.9 Å². The number of para-hydroxylation sites is 1.